The number of hydrogen-bond donors (Lipinski definition) is 1. The summed E-state index contributed by atoms with van der Waals surface area (Å²) in [5.41, 5.74) is 2.29. The third-order valence-corrected chi connectivity index (χ3v) is 5.55. The highest BCUT2D eigenvalue weighted by molar-refractivity contribution is 8.00. The van der Waals surface area contributed by atoms with Crippen molar-refractivity contribution in [2.24, 2.45) is 0 Å². The Kier molecular flexibility index (Phi) is 5.25. The molecule has 6 nitrogen and oxygen atoms in total. The van der Waals surface area contributed by atoms with E-state index in [4.69, 9.17) is 0 Å². The number of nitrogens with zero attached hydrogens (tertiary/aromatic N) is 3. The van der Waals surface area contributed by atoms with Crippen molar-refractivity contribution in [2.45, 2.75) is 24.8 Å². The number of hydrogen-bond acceptors (Lipinski definition) is 5. The summed E-state index contributed by atoms with van der Waals surface area (Å²) in [6, 6.07) is 15.2. The maximum atomic E-state index is 12.6. The number of aryl methyl sites for hydroxylation is 1. The number of aromatic nitrogens is 2. The summed E-state index contributed by atoms with van der Waals surface area (Å²) >= 11 is 1.39. The number of nitrogens with one attached hydrogen (secondary N) is 1. The molecule has 1 aromatic heterocycles. The summed E-state index contributed by atoms with van der Waals surface area (Å²) in [6.45, 7) is 2.53. The molecule has 0 saturated carbocycles. The quantitative estimate of drug-likeness (QED) is 0.528. The molecular formula is C21H20N4O2S. The number of carbonyl (C=O) groups is 2. The van der Waals surface area contributed by atoms with E-state index < -0.39 is 0 Å². The fraction of sp³-hybridized carbons (Fsp3) is 0.238. The minimum atomic E-state index is -0.135. The van der Waals surface area contributed by atoms with Crippen LogP contribution >= 0.6 is 11.8 Å². The average molecular weight is 392 g/mol. The van der Waals surface area contributed by atoms with Gasteiger partial charge in [-0.05, 0) is 31.5 Å². The Morgan fingerprint density at radius 3 is 2.75 bits per heavy atom. The Labute approximate surface area is 167 Å². The maximum Gasteiger partial charge on any atom is 0.234 e. The lowest BCUT2D eigenvalue weighted by atomic mass is 10.2. The maximum absolute atomic E-state index is 12.6. The van der Waals surface area contributed by atoms with E-state index in [9.17, 15) is 9.59 Å². The van der Waals surface area contributed by atoms with Crippen LogP contribution in [0.4, 0.5) is 11.4 Å². The van der Waals surface area contributed by atoms with Gasteiger partial charge in [0.1, 0.15) is 10.9 Å². The van der Waals surface area contributed by atoms with E-state index in [2.05, 4.69) is 15.3 Å². The number of thioether (sulfide) groups is 1. The van der Waals surface area contributed by atoms with Crippen molar-refractivity contribution in [1.82, 2.24) is 9.97 Å². The summed E-state index contributed by atoms with van der Waals surface area (Å²) in [7, 11) is 0. The SMILES string of the molecule is Cc1nc(SCC(=O)Nc2ccccc2N2CCCC2=O)c2ccccc2n1. The van der Waals surface area contributed by atoms with Crippen LogP contribution in [0.25, 0.3) is 10.9 Å². The molecule has 1 N–H and O–H groups in total. The molecule has 2 aromatic carbocycles. The molecule has 0 radical (unpaired) electrons. The summed E-state index contributed by atoms with van der Waals surface area (Å²) in [6.07, 6.45) is 1.40. The van der Waals surface area contributed by atoms with Crippen LogP contribution in [-0.2, 0) is 9.59 Å². The van der Waals surface area contributed by atoms with Gasteiger partial charge in [-0.3, -0.25) is 9.59 Å². The zero-order valence-corrected chi connectivity index (χ0v) is 16.3. The zero-order valence-electron chi connectivity index (χ0n) is 15.5. The topological polar surface area (TPSA) is 75.2 Å². The Balaban J connectivity index is 1.49. The number of fused-ring (bicyclic) bond motifs is 1. The molecule has 0 aliphatic carbocycles. The van der Waals surface area contributed by atoms with E-state index in [0.717, 1.165) is 28.0 Å². The van der Waals surface area contributed by atoms with Crippen LogP contribution < -0.4 is 10.2 Å². The van der Waals surface area contributed by atoms with E-state index in [1.807, 2.05) is 55.5 Å². The van der Waals surface area contributed by atoms with Crippen LogP contribution in [0.15, 0.2) is 53.6 Å². The number of para-hydroxylation sites is 3. The van der Waals surface area contributed by atoms with E-state index in [-0.39, 0.29) is 17.6 Å². The molecule has 1 aliphatic heterocycles. The lowest BCUT2D eigenvalue weighted by molar-refractivity contribution is -0.117. The second-order valence-electron chi connectivity index (χ2n) is 6.60. The molecule has 2 amide bonds. The lowest BCUT2D eigenvalue weighted by Crippen LogP contribution is -2.26. The van der Waals surface area contributed by atoms with Crippen LogP contribution in [0.1, 0.15) is 18.7 Å². The summed E-state index contributed by atoms with van der Waals surface area (Å²) in [5.74, 6) is 0.867. The Morgan fingerprint density at radius 2 is 1.93 bits per heavy atom. The van der Waals surface area contributed by atoms with Crippen LogP contribution in [0.2, 0.25) is 0 Å². The van der Waals surface area contributed by atoms with Gasteiger partial charge >= 0.3 is 0 Å². The fourth-order valence-electron chi connectivity index (χ4n) is 3.31. The predicted octanol–water partition coefficient (Wildman–Crippen LogP) is 3.80. The molecule has 3 aromatic rings. The van der Waals surface area contributed by atoms with Gasteiger partial charge in [0.15, 0.2) is 0 Å². The molecule has 28 heavy (non-hydrogen) atoms. The van der Waals surface area contributed by atoms with Gasteiger partial charge in [0.05, 0.1) is 22.6 Å². The molecule has 2 heterocycles. The van der Waals surface area contributed by atoms with E-state index in [1.165, 1.54) is 11.8 Å². The summed E-state index contributed by atoms with van der Waals surface area (Å²) in [4.78, 5) is 35.3. The van der Waals surface area contributed by atoms with Gasteiger partial charge in [-0.2, -0.15) is 0 Å². The molecular weight excluding hydrogens is 372 g/mol. The van der Waals surface area contributed by atoms with Crippen molar-refractivity contribution in [2.75, 3.05) is 22.5 Å². The smallest absolute Gasteiger partial charge is 0.234 e. The number of benzene rings is 2. The molecule has 0 bridgehead atoms. The highest BCUT2D eigenvalue weighted by Gasteiger charge is 2.24. The van der Waals surface area contributed by atoms with E-state index in [1.54, 1.807) is 4.90 Å². The van der Waals surface area contributed by atoms with Gasteiger partial charge in [-0.25, -0.2) is 9.97 Å². The Hall–Kier alpha value is -2.93. The summed E-state index contributed by atoms with van der Waals surface area (Å²) in [5, 5.41) is 4.68. The van der Waals surface area contributed by atoms with Gasteiger partial charge in [0, 0.05) is 18.4 Å². The van der Waals surface area contributed by atoms with Crippen molar-refractivity contribution in [3.8, 4) is 0 Å². The van der Waals surface area contributed by atoms with Gasteiger partial charge in [-0.15, -0.1) is 0 Å². The molecule has 7 heteroatoms. The second kappa shape index (κ2) is 7.98. The monoisotopic (exact) mass is 392 g/mol. The number of anilines is 2. The third kappa shape index (κ3) is 3.84. The van der Waals surface area contributed by atoms with Crippen molar-refractivity contribution < 1.29 is 9.59 Å². The first-order valence-electron chi connectivity index (χ1n) is 9.17. The van der Waals surface area contributed by atoms with Crippen molar-refractivity contribution in [3.63, 3.8) is 0 Å². The minimum absolute atomic E-state index is 0.0963. The lowest BCUT2D eigenvalue weighted by Gasteiger charge is -2.19. The van der Waals surface area contributed by atoms with Crippen LogP contribution in [-0.4, -0.2) is 34.1 Å². The van der Waals surface area contributed by atoms with Crippen molar-refractivity contribution in [3.05, 3.63) is 54.4 Å². The predicted molar refractivity (Wildman–Crippen MR) is 112 cm³/mol. The van der Waals surface area contributed by atoms with Gasteiger partial charge in [-0.1, -0.05) is 42.1 Å². The molecule has 1 aliphatic rings. The molecule has 0 spiro atoms. The fourth-order valence-corrected chi connectivity index (χ4v) is 4.17. The van der Waals surface area contributed by atoms with Crippen LogP contribution in [0, 0.1) is 6.92 Å². The normalized spacial score (nSPS) is 13.9. The van der Waals surface area contributed by atoms with Gasteiger partial charge < -0.3 is 10.2 Å². The Morgan fingerprint density at radius 1 is 1.14 bits per heavy atom. The largest absolute Gasteiger partial charge is 0.324 e. The highest BCUT2D eigenvalue weighted by atomic mass is 32.2. The third-order valence-electron chi connectivity index (χ3n) is 4.56. The molecule has 142 valence electrons. The minimum Gasteiger partial charge on any atom is -0.324 e. The standard InChI is InChI=1S/C21H20N4O2S/c1-14-22-16-8-3-2-7-15(16)21(23-14)28-13-19(26)24-17-9-4-5-10-18(17)25-12-6-11-20(25)27/h2-5,7-10H,6,11-13H2,1H3,(H,24,26). The number of rotatable bonds is 5. The first-order chi connectivity index (χ1) is 13.6. The van der Waals surface area contributed by atoms with Crippen LogP contribution in [0.5, 0.6) is 0 Å². The average Bonchev–Trinajstić information content (AvgIpc) is 3.12. The molecule has 1 fully saturated rings. The van der Waals surface area contributed by atoms with Crippen molar-refractivity contribution in [1.29, 1.82) is 0 Å². The first kappa shape index (κ1) is 18.4. The summed E-state index contributed by atoms with van der Waals surface area (Å²) < 4.78 is 0. The zero-order chi connectivity index (χ0) is 19.5. The molecule has 4 rings (SSSR count). The Bertz CT molecular complexity index is 1050. The van der Waals surface area contributed by atoms with Crippen LogP contribution in [0.3, 0.4) is 0 Å². The van der Waals surface area contributed by atoms with Gasteiger partial charge in [0.25, 0.3) is 0 Å². The number of amides is 2. The van der Waals surface area contributed by atoms with Crippen molar-refractivity contribution >= 4 is 45.9 Å². The van der Waals surface area contributed by atoms with E-state index in [0.29, 0.717) is 24.5 Å². The molecule has 1 saturated heterocycles. The molecule has 0 atom stereocenters. The number of carbonyl (C=O) groups excluding carboxylic acids is 2. The second-order valence-corrected chi connectivity index (χ2v) is 7.56. The highest BCUT2D eigenvalue weighted by Crippen LogP contribution is 2.30. The first-order valence-corrected chi connectivity index (χ1v) is 10.2. The van der Waals surface area contributed by atoms with Gasteiger partial charge in [0.2, 0.25) is 11.8 Å². The van der Waals surface area contributed by atoms with E-state index >= 15 is 0 Å². The molecule has 0 unspecified atom stereocenters.